The predicted octanol–water partition coefficient (Wildman–Crippen LogP) is 4.16. The van der Waals surface area contributed by atoms with Crippen LogP contribution in [0.2, 0.25) is 0 Å². The first kappa shape index (κ1) is 12.9. The smallest absolute Gasteiger partial charge is 0.124 e. The summed E-state index contributed by atoms with van der Waals surface area (Å²) in [5.74, 6) is 1.67. The van der Waals surface area contributed by atoms with Gasteiger partial charge in [-0.05, 0) is 37.0 Å². The summed E-state index contributed by atoms with van der Waals surface area (Å²) in [5, 5.41) is 0. The molecule has 1 saturated carbocycles. The quantitative estimate of drug-likeness (QED) is 0.812. The van der Waals surface area contributed by atoms with E-state index in [1.165, 1.54) is 25.7 Å². The fourth-order valence-electron chi connectivity index (χ4n) is 2.37. The molecule has 1 aliphatic rings. The summed E-state index contributed by atoms with van der Waals surface area (Å²) in [6.45, 7) is 1.52. The van der Waals surface area contributed by atoms with Crippen LogP contribution in [0.25, 0.3) is 0 Å². The molecule has 1 aromatic carbocycles. The van der Waals surface area contributed by atoms with Gasteiger partial charge in [-0.25, -0.2) is 0 Å². The van der Waals surface area contributed by atoms with Gasteiger partial charge in [-0.15, -0.1) is 0 Å². The molecule has 2 rings (SSSR count). The van der Waals surface area contributed by atoms with Crippen molar-refractivity contribution in [2.45, 2.75) is 32.3 Å². The van der Waals surface area contributed by atoms with Crippen LogP contribution in [-0.4, -0.2) is 13.7 Å². The first-order valence-electron chi connectivity index (χ1n) is 6.20. The Morgan fingerprint density at radius 2 is 2.06 bits per heavy atom. The maximum atomic E-state index is 5.80. The van der Waals surface area contributed by atoms with E-state index in [1.807, 2.05) is 12.1 Å². The zero-order valence-corrected chi connectivity index (χ0v) is 11.8. The number of ether oxygens (including phenoxy) is 2. The van der Waals surface area contributed by atoms with Gasteiger partial charge in [-0.1, -0.05) is 28.8 Å². The van der Waals surface area contributed by atoms with Crippen molar-refractivity contribution in [3.8, 4) is 5.75 Å². The lowest BCUT2D eigenvalue weighted by atomic mass is 10.1. The summed E-state index contributed by atoms with van der Waals surface area (Å²) in [7, 11) is 1.70. The van der Waals surface area contributed by atoms with Crippen molar-refractivity contribution < 1.29 is 9.47 Å². The molecule has 0 spiro atoms. The first-order chi connectivity index (χ1) is 8.29. The summed E-state index contributed by atoms with van der Waals surface area (Å²) in [4.78, 5) is 0. The summed E-state index contributed by atoms with van der Waals surface area (Å²) in [6.07, 6.45) is 5.40. The van der Waals surface area contributed by atoms with E-state index < -0.39 is 0 Å². The van der Waals surface area contributed by atoms with Gasteiger partial charge in [-0.2, -0.15) is 0 Å². The summed E-state index contributed by atoms with van der Waals surface area (Å²) >= 11 is 3.47. The minimum atomic E-state index is 0.638. The van der Waals surface area contributed by atoms with Gasteiger partial charge in [0, 0.05) is 16.6 Å². The van der Waals surface area contributed by atoms with Gasteiger partial charge < -0.3 is 9.47 Å². The second-order valence-electron chi connectivity index (χ2n) is 4.62. The Bertz CT molecular complexity index is 359. The van der Waals surface area contributed by atoms with E-state index in [-0.39, 0.29) is 0 Å². The zero-order chi connectivity index (χ0) is 12.1. The SMILES string of the molecule is COc1ccc(Br)cc1COCC1CCCC1. The molecule has 17 heavy (non-hydrogen) atoms. The largest absolute Gasteiger partial charge is 0.496 e. The van der Waals surface area contributed by atoms with Gasteiger partial charge in [-0.3, -0.25) is 0 Å². The Kier molecular flexibility index (Phi) is 4.86. The van der Waals surface area contributed by atoms with Crippen molar-refractivity contribution in [1.82, 2.24) is 0 Å². The van der Waals surface area contributed by atoms with Gasteiger partial charge in [0.15, 0.2) is 0 Å². The molecule has 94 valence electrons. The lowest BCUT2D eigenvalue weighted by Gasteiger charge is -2.12. The highest BCUT2D eigenvalue weighted by Gasteiger charge is 2.15. The van der Waals surface area contributed by atoms with E-state index in [1.54, 1.807) is 7.11 Å². The fourth-order valence-corrected chi connectivity index (χ4v) is 2.78. The molecule has 1 aromatic rings. The second kappa shape index (κ2) is 6.41. The second-order valence-corrected chi connectivity index (χ2v) is 5.54. The highest BCUT2D eigenvalue weighted by molar-refractivity contribution is 9.10. The molecule has 0 amide bonds. The number of hydrogen-bond donors (Lipinski definition) is 0. The molecular weight excluding hydrogens is 280 g/mol. The van der Waals surface area contributed by atoms with Crippen molar-refractivity contribution in [1.29, 1.82) is 0 Å². The molecule has 0 N–H and O–H groups in total. The van der Waals surface area contributed by atoms with Crippen LogP contribution in [0.1, 0.15) is 31.2 Å². The normalized spacial score (nSPS) is 16.4. The maximum Gasteiger partial charge on any atom is 0.124 e. The van der Waals surface area contributed by atoms with Crippen LogP contribution in [0.15, 0.2) is 22.7 Å². The van der Waals surface area contributed by atoms with Gasteiger partial charge in [0.2, 0.25) is 0 Å². The van der Waals surface area contributed by atoms with Crippen molar-refractivity contribution in [2.75, 3.05) is 13.7 Å². The number of methoxy groups -OCH3 is 1. The van der Waals surface area contributed by atoms with Crippen LogP contribution in [0, 0.1) is 5.92 Å². The van der Waals surface area contributed by atoms with Gasteiger partial charge in [0.05, 0.1) is 13.7 Å². The molecular formula is C14H19BrO2. The van der Waals surface area contributed by atoms with Crippen LogP contribution < -0.4 is 4.74 Å². The molecule has 0 unspecified atom stereocenters. The highest BCUT2D eigenvalue weighted by atomic mass is 79.9. The molecule has 0 saturated heterocycles. The van der Waals surface area contributed by atoms with E-state index in [0.29, 0.717) is 6.61 Å². The Morgan fingerprint density at radius 1 is 1.29 bits per heavy atom. The highest BCUT2D eigenvalue weighted by Crippen LogP contribution is 2.27. The van der Waals surface area contributed by atoms with E-state index in [0.717, 1.165) is 28.3 Å². The first-order valence-corrected chi connectivity index (χ1v) is 6.99. The molecule has 0 aromatic heterocycles. The van der Waals surface area contributed by atoms with Gasteiger partial charge >= 0.3 is 0 Å². The van der Waals surface area contributed by atoms with Crippen LogP contribution >= 0.6 is 15.9 Å². The number of hydrogen-bond acceptors (Lipinski definition) is 2. The van der Waals surface area contributed by atoms with E-state index in [9.17, 15) is 0 Å². The van der Waals surface area contributed by atoms with E-state index in [2.05, 4.69) is 22.0 Å². The maximum absolute atomic E-state index is 5.80. The minimum Gasteiger partial charge on any atom is -0.496 e. The third-order valence-corrected chi connectivity index (χ3v) is 3.82. The number of halogens is 1. The van der Waals surface area contributed by atoms with Crippen molar-refractivity contribution >= 4 is 15.9 Å². The lowest BCUT2D eigenvalue weighted by molar-refractivity contribution is 0.0874. The topological polar surface area (TPSA) is 18.5 Å². The standard InChI is InChI=1S/C14H19BrO2/c1-16-14-7-6-13(15)8-12(14)10-17-9-11-4-2-3-5-11/h6-8,11H,2-5,9-10H2,1H3. The third kappa shape index (κ3) is 3.71. The van der Waals surface area contributed by atoms with E-state index >= 15 is 0 Å². The Morgan fingerprint density at radius 3 is 2.76 bits per heavy atom. The van der Waals surface area contributed by atoms with Crippen LogP contribution in [0.5, 0.6) is 5.75 Å². The summed E-state index contributed by atoms with van der Waals surface area (Å²) in [5.41, 5.74) is 1.11. The van der Waals surface area contributed by atoms with E-state index in [4.69, 9.17) is 9.47 Å². The Balaban J connectivity index is 1.86. The number of rotatable bonds is 5. The van der Waals surface area contributed by atoms with Gasteiger partial charge in [0.25, 0.3) is 0 Å². The van der Waals surface area contributed by atoms with Crippen LogP contribution in [0.3, 0.4) is 0 Å². The summed E-state index contributed by atoms with van der Waals surface area (Å²) < 4.78 is 12.2. The van der Waals surface area contributed by atoms with Gasteiger partial charge in [0.1, 0.15) is 5.75 Å². The molecule has 1 aliphatic carbocycles. The van der Waals surface area contributed by atoms with Crippen molar-refractivity contribution in [3.63, 3.8) is 0 Å². The van der Waals surface area contributed by atoms with Crippen LogP contribution in [0.4, 0.5) is 0 Å². The van der Waals surface area contributed by atoms with Crippen molar-refractivity contribution in [3.05, 3.63) is 28.2 Å². The van der Waals surface area contributed by atoms with Crippen LogP contribution in [-0.2, 0) is 11.3 Å². The number of benzene rings is 1. The fraction of sp³-hybridized carbons (Fsp3) is 0.571. The monoisotopic (exact) mass is 298 g/mol. The molecule has 0 atom stereocenters. The van der Waals surface area contributed by atoms with Crippen molar-refractivity contribution in [2.24, 2.45) is 5.92 Å². The predicted molar refractivity (Wildman–Crippen MR) is 72.3 cm³/mol. The average molecular weight is 299 g/mol. The lowest BCUT2D eigenvalue weighted by Crippen LogP contribution is -2.06. The Hall–Kier alpha value is -0.540. The Labute approximate surface area is 111 Å². The molecule has 1 fully saturated rings. The molecule has 0 heterocycles. The molecule has 2 nitrogen and oxygen atoms in total. The minimum absolute atomic E-state index is 0.638. The zero-order valence-electron chi connectivity index (χ0n) is 10.2. The third-order valence-electron chi connectivity index (χ3n) is 3.33. The average Bonchev–Trinajstić information content (AvgIpc) is 2.82. The molecule has 0 radical (unpaired) electrons. The summed E-state index contributed by atoms with van der Waals surface area (Å²) in [6, 6.07) is 6.02. The molecule has 0 aliphatic heterocycles. The molecule has 0 bridgehead atoms. The molecule has 3 heteroatoms.